The molecular weight excluding hydrogens is 583 g/mol. The number of aliphatic carboxylic acids is 1. The lowest BCUT2D eigenvalue weighted by atomic mass is 9.96. The van der Waals surface area contributed by atoms with E-state index in [1.165, 1.54) is 0 Å². The van der Waals surface area contributed by atoms with E-state index < -0.39 is 36.0 Å². The zero-order valence-electron chi connectivity index (χ0n) is 23.1. The van der Waals surface area contributed by atoms with E-state index in [-0.39, 0.29) is 25.7 Å². The molecule has 1 unspecified atom stereocenters. The van der Waals surface area contributed by atoms with Crippen molar-refractivity contribution >= 4 is 46.7 Å². The summed E-state index contributed by atoms with van der Waals surface area (Å²) in [7, 11) is 0. The van der Waals surface area contributed by atoms with Crippen molar-refractivity contribution in [3.63, 3.8) is 0 Å². The predicted octanol–water partition coefficient (Wildman–Crippen LogP) is 5.58. The predicted molar refractivity (Wildman–Crippen MR) is 159 cm³/mol. The molecule has 222 valence electrons. The molecule has 11 heteroatoms. The van der Waals surface area contributed by atoms with Gasteiger partial charge < -0.3 is 30.0 Å². The molecule has 4 rings (SSSR count). The molecule has 2 amide bonds. The summed E-state index contributed by atoms with van der Waals surface area (Å²) in [5.74, 6) is -1.81. The number of carbonyl (C=O) groups is 3. The number of nitrogens with one attached hydrogen (secondary N) is 2. The van der Waals surface area contributed by atoms with Gasteiger partial charge in [-0.3, -0.25) is 9.59 Å². The third-order valence-electron chi connectivity index (χ3n) is 7.07. The number of amides is 2. The van der Waals surface area contributed by atoms with Crippen LogP contribution in [0.15, 0.2) is 66.7 Å². The molecule has 9 nitrogen and oxygen atoms in total. The van der Waals surface area contributed by atoms with Crippen LogP contribution in [0.5, 0.6) is 5.75 Å². The Morgan fingerprint density at radius 2 is 1.60 bits per heavy atom. The molecule has 0 aliphatic carbocycles. The second-order valence-electron chi connectivity index (χ2n) is 9.91. The Morgan fingerprint density at radius 3 is 2.24 bits per heavy atom. The lowest BCUT2D eigenvalue weighted by Crippen LogP contribution is -2.51. The van der Waals surface area contributed by atoms with Crippen molar-refractivity contribution in [2.75, 3.05) is 12.1 Å². The van der Waals surface area contributed by atoms with Crippen LogP contribution in [-0.4, -0.2) is 47.9 Å². The van der Waals surface area contributed by atoms with Crippen LogP contribution in [0.4, 0.5) is 5.69 Å². The van der Waals surface area contributed by atoms with Crippen molar-refractivity contribution in [3.05, 3.63) is 93.5 Å². The second-order valence-corrected chi connectivity index (χ2v) is 10.7. The van der Waals surface area contributed by atoms with Crippen LogP contribution < -0.4 is 15.4 Å². The van der Waals surface area contributed by atoms with Crippen LogP contribution in [0.25, 0.3) is 0 Å². The minimum Gasteiger partial charge on any atom is -0.489 e. The van der Waals surface area contributed by atoms with Crippen LogP contribution >= 0.6 is 23.2 Å². The maximum atomic E-state index is 13.1. The van der Waals surface area contributed by atoms with E-state index in [9.17, 15) is 19.5 Å². The van der Waals surface area contributed by atoms with Crippen molar-refractivity contribution in [3.8, 4) is 5.75 Å². The molecule has 1 fully saturated rings. The number of rotatable bonds is 12. The van der Waals surface area contributed by atoms with Crippen LogP contribution in [-0.2, 0) is 36.9 Å². The van der Waals surface area contributed by atoms with E-state index in [1.807, 2.05) is 18.2 Å². The van der Waals surface area contributed by atoms with Crippen molar-refractivity contribution in [2.45, 2.75) is 57.5 Å². The number of halogens is 2. The van der Waals surface area contributed by atoms with Gasteiger partial charge in [0.15, 0.2) is 12.2 Å². The van der Waals surface area contributed by atoms with Gasteiger partial charge in [0.1, 0.15) is 25.2 Å². The van der Waals surface area contributed by atoms with Crippen molar-refractivity contribution < 1.29 is 33.7 Å². The van der Waals surface area contributed by atoms with Crippen LogP contribution in [0.1, 0.15) is 42.9 Å². The third-order valence-corrected chi connectivity index (χ3v) is 7.78. The standard InChI is InChI=1S/C31H32Cl2N2O7/c1-3-18(2)21-7-4-5-10-25(21)34-29(36)27-28(42-17-41-27)30(37)35-26(31(38)39)15-19-11-13-20(14-12-19)40-16-22-23(32)8-6-9-24(22)33/h4-14,18,26-28H,3,15-17H2,1-2H3,(H,34,36)(H,35,37)(H,38,39)/t18?,26-,27+,28+/m0/s1. The fraction of sp³-hybridized carbons (Fsp3) is 0.323. The summed E-state index contributed by atoms with van der Waals surface area (Å²) in [5.41, 5.74) is 2.88. The molecule has 42 heavy (non-hydrogen) atoms. The fourth-order valence-corrected chi connectivity index (χ4v) is 5.00. The smallest absolute Gasteiger partial charge is 0.326 e. The third kappa shape index (κ3) is 7.80. The summed E-state index contributed by atoms with van der Waals surface area (Å²) in [6, 6.07) is 18.1. The molecule has 1 aliphatic rings. The maximum absolute atomic E-state index is 13.1. The van der Waals surface area contributed by atoms with Gasteiger partial charge in [-0.05, 0) is 53.8 Å². The first-order chi connectivity index (χ1) is 20.2. The Kier molecular flexibility index (Phi) is 10.8. The normalized spacial score (nSPS) is 17.7. The van der Waals surface area contributed by atoms with Crippen LogP contribution in [0.3, 0.4) is 0 Å². The van der Waals surface area contributed by atoms with Gasteiger partial charge in [-0.2, -0.15) is 0 Å². The highest BCUT2D eigenvalue weighted by Crippen LogP contribution is 2.28. The average molecular weight is 616 g/mol. The molecule has 4 atom stereocenters. The monoisotopic (exact) mass is 614 g/mol. The Morgan fingerprint density at radius 1 is 0.952 bits per heavy atom. The van der Waals surface area contributed by atoms with Gasteiger partial charge in [-0.15, -0.1) is 0 Å². The average Bonchev–Trinajstić information content (AvgIpc) is 3.48. The van der Waals surface area contributed by atoms with E-state index in [4.69, 9.17) is 37.4 Å². The van der Waals surface area contributed by atoms with Gasteiger partial charge in [0, 0.05) is 27.7 Å². The first-order valence-electron chi connectivity index (χ1n) is 13.5. The van der Waals surface area contributed by atoms with Gasteiger partial charge in [-0.1, -0.05) is 73.4 Å². The number of ether oxygens (including phenoxy) is 3. The number of hydrogen-bond donors (Lipinski definition) is 3. The molecule has 3 aromatic carbocycles. The number of hydrogen-bond acceptors (Lipinski definition) is 6. The molecular formula is C31H32Cl2N2O7. The summed E-state index contributed by atoms with van der Waals surface area (Å²) >= 11 is 12.4. The molecule has 3 aromatic rings. The Balaban J connectivity index is 1.36. The minimum absolute atomic E-state index is 0.00951. The lowest BCUT2D eigenvalue weighted by molar-refractivity contribution is -0.144. The van der Waals surface area contributed by atoms with Crippen LogP contribution in [0, 0.1) is 0 Å². The Bertz CT molecular complexity index is 1400. The van der Waals surface area contributed by atoms with Gasteiger partial charge in [0.05, 0.1) is 0 Å². The highest BCUT2D eigenvalue weighted by Gasteiger charge is 2.42. The Labute approximate surface area is 254 Å². The summed E-state index contributed by atoms with van der Waals surface area (Å²) < 4.78 is 16.6. The molecule has 0 spiro atoms. The van der Waals surface area contributed by atoms with Gasteiger partial charge in [-0.25, -0.2) is 4.79 Å². The zero-order chi connectivity index (χ0) is 30.2. The summed E-state index contributed by atoms with van der Waals surface area (Å²) in [5, 5.41) is 16.1. The molecule has 0 bridgehead atoms. The molecule has 3 N–H and O–H groups in total. The van der Waals surface area contributed by atoms with Crippen LogP contribution in [0.2, 0.25) is 10.0 Å². The number of carboxylic acid groups (broad SMARTS) is 1. The van der Waals surface area contributed by atoms with E-state index in [2.05, 4.69) is 24.5 Å². The summed E-state index contributed by atoms with van der Waals surface area (Å²) in [6.07, 6.45) is -1.68. The van der Waals surface area contributed by atoms with Crippen molar-refractivity contribution in [1.29, 1.82) is 0 Å². The Hall–Kier alpha value is -3.63. The van der Waals surface area contributed by atoms with E-state index in [0.29, 0.717) is 32.6 Å². The molecule has 0 aromatic heterocycles. The summed E-state index contributed by atoms with van der Waals surface area (Å²) in [6.45, 7) is 3.99. The first kappa shape index (κ1) is 31.3. The van der Waals surface area contributed by atoms with Gasteiger partial charge >= 0.3 is 5.97 Å². The number of anilines is 1. The molecule has 0 radical (unpaired) electrons. The number of carboxylic acids is 1. The van der Waals surface area contributed by atoms with Gasteiger partial charge in [0.2, 0.25) is 0 Å². The zero-order valence-corrected chi connectivity index (χ0v) is 24.7. The fourth-order valence-electron chi connectivity index (χ4n) is 4.49. The number of benzene rings is 3. The maximum Gasteiger partial charge on any atom is 0.326 e. The van der Waals surface area contributed by atoms with Gasteiger partial charge in [0.25, 0.3) is 11.8 Å². The molecule has 1 saturated heterocycles. The largest absolute Gasteiger partial charge is 0.489 e. The lowest BCUT2D eigenvalue weighted by Gasteiger charge is -2.21. The number of para-hydroxylation sites is 1. The first-order valence-corrected chi connectivity index (χ1v) is 14.2. The molecule has 0 saturated carbocycles. The van der Waals surface area contributed by atoms with E-state index in [1.54, 1.807) is 48.5 Å². The van der Waals surface area contributed by atoms with Crippen molar-refractivity contribution in [2.24, 2.45) is 0 Å². The number of carbonyl (C=O) groups excluding carboxylic acids is 2. The van der Waals surface area contributed by atoms with E-state index in [0.717, 1.165) is 12.0 Å². The highest BCUT2D eigenvalue weighted by atomic mass is 35.5. The van der Waals surface area contributed by atoms with Crippen molar-refractivity contribution in [1.82, 2.24) is 5.32 Å². The molecule has 1 heterocycles. The van der Waals surface area contributed by atoms with E-state index >= 15 is 0 Å². The molecule has 1 aliphatic heterocycles. The SMILES string of the molecule is CCC(C)c1ccccc1NC(=O)[C@@H]1OCO[C@H]1C(=O)N[C@@H](Cc1ccc(OCc2c(Cl)cccc2Cl)cc1)C(=O)O. The minimum atomic E-state index is -1.31. The second kappa shape index (κ2) is 14.5. The topological polar surface area (TPSA) is 123 Å². The highest BCUT2D eigenvalue weighted by molar-refractivity contribution is 6.35. The quantitative estimate of drug-likeness (QED) is 0.243. The summed E-state index contributed by atoms with van der Waals surface area (Å²) in [4.78, 5) is 38.2.